The van der Waals surface area contributed by atoms with Crippen LogP contribution in [0.2, 0.25) is 0 Å². The average Bonchev–Trinajstić information content (AvgIpc) is 2.57. The fourth-order valence-corrected chi connectivity index (χ4v) is 3.20. The van der Waals surface area contributed by atoms with Gasteiger partial charge in [-0.05, 0) is 31.1 Å². The van der Waals surface area contributed by atoms with Crippen LogP contribution in [0, 0.1) is 5.41 Å². The van der Waals surface area contributed by atoms with Gasteiger partial charge in [-0.25, -0.2) is 0 Å². The number of halogens is 3. The largest absolute Gasteiger partial charge is 0.466 e. The lowest BCUT2D eigenvalue weighted by Crippen LogP contribution is -2.06. The summed E-state index contributed by atoms with van der Waals surface area (Å²) in [5, 5.41) is 0. The first-order chi connectivity index (χ1) is 13.1. The summed E-state index contributed by atoms with van der Waals surface area (Å²) in [4.78, 5) is 11.6. The maximum absolute atomic E-state index is 12.0. The molecule has 2 nitrogen and oxygen atoms in total. The molecule has 28 heavy (non-hydrogen) atoms. The van der Waals surface area contributed by atoms with Gasteiger partial charge in [-0.1, -0.05) is 85.0 Å². The standard InChI is InChI=1S/C23H43F3O2/c1-22(2,3)18-14-10-6-4-8-12-16-20-28-21(27)17-13-9-5-7-11-15-19-23(24,25)26/h4-20H2,1-3H3. The third kappa shape index (κ3) is 23.3. The average molecular weight is 409 g/mol. The Labute approximate surface area is 171 Å². The van der Waals surface area contributed by atoms with Crippen LogP contribution in [0.5, 0.6) is 0 Å². The van der Waals surface area contributed by atoms with Crippen molar-refractivity contribution in [2.24, 2.45) is 5.41 Å². The van der Waals surface area contributed by atoms with Crippen LogP contribution in [0.4, 0.5) is 13.2 Å². The molecule has 0 saturated heterocycles. The van der Waals surface area contributed by atoms with Crippen LogP contribution in [-0.2, 0) is 9.53 Å². The molecular formula is C23H43F3O2. The van der Waals surface area contributed by atoms with Crippen LogP contribution in [0.15, 0.2) is 0 Å². The van der Waals surface area contributed by atoms with Gasteiger partial charge in [0.05, 0.1) is 6.61 Å². The van der Waals surface area contributed by atoms with E-state index in [1.165, 1.54) is 38.5 Å². The molecule has 0 aliphatic carbocycles. The molecule has 0 aromatic heterocycles. The molecule has 5 heteroatoms. The Hall–Kier alpha value is -0.740. The number of carbonyl (C=O) groups excluding carboxylic acids is 1. The third-order valence-corrected chi connectivity index (χ3v) is 4.93. The van der Waals surface area contributed by atoms with Crippen molar-refractivity contribution in [3.8, 4) is 0 Å². The van der Waals surface area contributed by atoms with Gasteiger partial charge >= 0.3 is 12.1 Å². The highest BCUT2D eigenvalue weighted by Gasteiger charge is 2.25. The van der Waals surface area contributed by atoms with Crippen molar-refractivity contribution >= 4 is 5.97 Å². The van der Waals surface area contributed by atoms with Crippen LogP contribution in [-0.4, -0.2) is 18.8 Å². The van der Waals surface area contributed by atoms with Gasteiger partial charge in [0.25, 0.3) is 0 Å². The molecule has 0 fully saturated rings. The molecule has 0 rings (SSSR count). The molecule has 0 heterocycles. The van der Waals surface area contributed by atoms with Crippen molar-refractivity contribution in [1.29, 1.82) is 0 Å². The normalized spacial score (nSPS) is 12.4. The monoisotopic (exact) mass is 408 g/mol. The second-order valence-corrected chi connectivity index (χ2v) is 9.24. The number of ether oxygens (including phenoxy) is 1. The van der Waals surface area contributed by atoms with Crippen molar-refractivity contribution < 1.29 is 22.7 Å². The molecule has 0 bridgehead atoms. The first kappa shape index (κ1) is 27.3. The number of hydrogen-bond acceptors (Lipinski definition) is 2. The number of esters is 1. The van der Waals surface area contributed by atoms with Crippen LogP contribution < -0.4 is 0 Å². The van der Waals surface area contributed by atoms with E-state index in [1.807, 2.05) is 0 Å². The highest BCUT2D eigenvalue weighted by atomic mass is 19.4. The van der Waals surface area contributed by atoms with Crippen molar-refractivity contribution in [3.05, 3.63) is 0 Å². The number of alkyl halides is 3. The third-order valence-electron chi connectivity index (χ3n) is 4.93. The first-order valence-corrected chi connectivity index (χ1v) is 11.3. The molecule has 168 valence electrons. The summed E-state index contributed by atoms with van der Waals surface area (Å²) in [6, 6.07) is 0. The van der Waals surface area contributed by atoms with Gasteiger partial charge in [0, 0.05) is 12.8 Å². The van der Waals surface area contributed by atoms with Gasteiger partial charge < -0.3 is 4.74 Å². The Kier molecular flexibility index (Phi) is 15.7. The lowest BCUT2D eigenvalue weighted by Gasteiger charge is -2.17. The Morgan fingerprint density at radius 3 is 1.57 bits per heavy atom. The highest BCUT2D eigenvalue weighted by Crippen LogP contribution is 2.23. The van der Waals surface area contributed by atoms with Gasteiger partial charge in [0.1, 0.15) is 0 Å². The minimum Gasteiger partial charge on any atom is -0.466 e. The molecule has 0 atom stereocenters. The zero-order valence-corrected chi connectivity index (χ0v) is 18.5. The zero-order chi connectivity index (χ0) is 21.3. The van der Waals surface area contributed by atoms with E-state index in [9.17, 15) is 18.0 Å². The van der Waals surface area contributed by atoms with Crippen LogP contribution in [0.25, 0.3) is 0 Å². The SMILES string of the molecule is CC(C)(C)CCCCCCCCCOC(=O)CCCCCCCCC(F)(F)F. The number of carbonyl (C=O) groups is 1. The minimum absolute atomic E-state index is 0.140. The van der Waals surface area contributed by atoms with Gasteiger partial charge in [-0.3, -0.25) is 4.79 Å². The van der Waals surface area contributed by atoms with Crippen LogP contribution in [0.3, 0.4) is 0 Å². The molecule has 0 spiro atoms. The summed E-state index contributed by atoms with van der Waals surface area (Å²) in [7, 11) is 0. The predicted molar refractivity (Wildman–Crippen MR) is 110 cm³/mol. The lowest BCUT2D eigenvalue weighted by molar-refractivity contribution is -0.144. The lowest BCUT2D eigenvalue weighted by atomic mass is 9.89. The fraction of sp³-hybridized carbons (Fsp3) is 0.957. The second-order valence-electron chi connectivity index (χ2n) is 9.24. The molecule has 0 aromatic rings. The van der Waals surface area contributed by atoms with Crippen LogP contribution >= 0.6 is 0 Å². The number of hydrogen-bond donors (Lipinski definition) is 0. The highest BCUT2D eigenvalue weighted by molar-refractivity contribution is 5.69. The number of rotatable bonds is 17. The van der Waals surface area contributed by atoms with Crippen molar-refractivity contribution in [1.82, 2.24) is 0 Å². The molecule has 0 aromatic carbocycles. The summed E-state index contributed by atoms with van der Waals surface area (Å²) >= 11 is 0. The van der Waals surface area contributed by atoms with E-state index in [0.29, 0.717) is 24.9 Å². The topological polar surface area (TPSA) is 26.3 Å². The predicted octanol–water partition coefficient (Wildman–Crippen LogP) is 8.38. The molecular weight excluding hydrogens is 365 g/mol. The Bertz CT molecular complexity index is 373. The van der Waals surface area contributed by atoms with E-state index in [0.717, 1.165) is 38.5 Å². The zero-order valence-electron chi connectivity index (χ0n) is 18.5. The molecule has 0 N–H and O–H groups in total. The van der Waals surface area contributed by atoms with Crippen molar-refractivity contribution in [2.75, 3.05) is 6.61 Å². The van der Waals surface area contributed by atoms with Crippen molar-refractivity contribution in [3.63, 3.8) is 0 Å². The van der Waals surface area contributed by atoms with Gasteiger partial charge in [-0.15, -0.1) is 0 Å². The minimum atomic E-state index is -4.03. The quantitative estimate of drug-likeness (QED) is 0.178. The van der Waals surface area contributed by atoms with E-state index >= 15 is 0 Å². The molecule has 0 aliphatic rings. The Morgan fingerprint density at radius 2 is 1.07 bits per heavy atom. The molecule has 0 saturated carbocycles. The van der Waals surface area contributed by atoms with E-state index < -0.39 is 12.6 Å². The van der Waals surface area contributed by atoms with Gasteiger partial charge in [0.2, 0.25) is 0 Å². The smallest absolute Gasteiger partial charge is 0.389 e. The summed E-state index contributed by atoms with van der Waals surface area (Å²) in [5.74, 6) is -0.140. The summed E-state index contributed by atoms with van der Waals surface area (Å²) in [5.41, 5.74) is 0.445. The molecule has 0 unspecified atom stereocenters. The Morgan fingerprint density at radius 1 is 0.643 bits per heavy atom. The summed E-state index contributed by atoms with van der Waals surface area (Å²) < 4.78 is 41.2. The van der Waals surface area contributed by atoms with E-state index in [2.05, 4.69) is 20.8 Å². The summed E-state index contributed by atoms with van der Waals surface area (Å²) in [6.07, 6.45) is 9.63. The van der Waals surface area contributed by atoms with Crippen LogP contribution in [0.1, 0.15) is 124 Å². The van der Waals surface area contributed by atoms with E-state index in [4.69, 9.17) is 4.74 Å². The molecule has 0 aliphatic heterocycles. The Balaban J connectivity index is 3.25. The van der Waals surface area contributed by atoms with E-state index in [1.54, 1.807) is 0 Å². The molecule has 0 radical (unpaired) electrons. The maximum atomic E-state index is 12.0. The second kappa shape index (κ2) is 16.1. The number of unbranched alkanes of at least 4 members (excludes halogenated alkanes) is 11. The van der Waals surface area contributed by atoms with Gasteiger partial charge in [-0.2, -0.15) is 13.2 Å². The van der Waals surface area contributed by atoms with Crippen molar-refractivity contribution in [2.45, 2.75) is 130 Å². The first-order valence-electron chi connectivity index (χ1n) is 11.3. The van der Waals surface area contributed by atoms with Gasteiger partial charge in [0.15, 0.2) is 0 Å². The maximum Gasteiger partial charge on any atom is 0.389 e. The summed E-state index contributed by atoms with van der Waals surface area (Å²) in [6.45, 7) is 7.38. The fourth-order valence-electron chi connectivity index (χ4n) is 3.20. The molecule has 0 amide bonds. The van der Waals surface area contributed by atoms with E-state index in [-0.39, 0.29) is 12.4 Å².